The Morgan fingerprint density at radius 3 is 0.786 bits per heavy atom. The first-order valence-corrected chi connectivity index (χ1v) is 13.0. The second-order valence-corrected chi connectivity index (χ2v) is 10.4. The van der Waals surface area contributed by atoms with Crippen LogP contribution < -0.4 is 50.9 Å². The number of rotatable bonds is 0. The van der Waals surface area contributed by atoms with E-state index >= 15 is 0 Å². The van der Waals surface area contributed by atoms with Gasteiger partial charge in [-0.3, -0.25) is 0 Å². The van der Waals surface area contributed by atoms with Crippen LogP contribution in [-0.4, -0.2) is 0 Å². The summed E-state index contributed by atoms with van der Waals surface area (Å²) >= 11 is 0. The summed E-state index contributed by atoms with van der Waals surface area (Å²) in [5.41, 5.74) is 12.7. The fourth-order valence-corrected chi connectivity index (χ4v) is 5.22. The van der Waals surface area contributed by atoms with Crippen LogP contribution in [0.2, 0.25) is 0 Å². The summed E-state index contributed by atoms with van der Waals surface area (Å²) in [7, 11) is 0. The standard InChI is InChI=1S/3C12H13.3BrH.3Ti/c3*1-8-7-11-5-4-6-12(11)10(3)9(8)2;;;;;;/h3*4-7H,1-3H3;3*1H;;;/q3*-1;;;;3*+2/p-3. The minimum absolute atomic E-state index is 0. The van der Waals surface area contributed by atoms with Gasteiger partial charge in [0, 0.05) is 0 Å². The van der Waals surface area contributed by atoms with Crippen molar-refractivity contribution in [2.45, 2.75) is 62.3 Å². The van der Waals surface area contributed by atoms with Crippen molar-refractivity contribution >= 4 is 32.3 Å². The maximum atomic E-state index is 2.26. The van der Waals surface area contributed by atoms with Gasteiger partial charge in [-0.05, 0) is 62.3 Å². The van der Waals surface area contributed by atoms with Crippen LogP contribution in [0, 0.1) is 62.3 Å². The molecule has 0 aliphatic rings. The van der Waals surface area contributed by atoms with Gasteiger partial charge in [-0.25, -0.2) is 0 Å². The average molecular weight is 855 g/mol. The van der Waals surface area contributed by atoms with Crippen LogP contribution >= 0.6 is 0 Å². The zero-order chi connectivity index (χ0) is 26.1. The molecule has 0 spiro atoms. The van der Waals surface area contributed by atoms with Crippen LogP contribution in [0.4, 0.5) is 0 Å². The third-order valence-corrected chi connectivity index (χ3v) is 8.34. The summed E-state index contributed by atoms with van der Waals surface area (Å²) in [5, 5.41) is 8.32. The van der Waals surface area contributed by atoms with E-state index in [1.165, 1.54) is 82.4 Å². The average Bonchev–Trinajstić information content (AvgIpc) is 3.61. The molecule has 6 rings (SSSR count). The predicted molar refractivity (Wildman–Crippen MR) is 161 cm³/mol. The molecular formula is C36H39Br3Ti3. The molecule has 216 valence electrons. The van der Waals surface area contributed by atoms with E-state index in [0.717, 1.165) is 0 Å². The molecule has 0 radical (unpaired) electrons. The van der Waals surface area contributed by atoms with Gasteiger partial charge in [0.05, 0.1) is 0 Å². The van der Waals surface area contributed by atoms with E-state index in [1.807, 2.05) is 0 Å². The largest absolute Gasteiger partial charge is 2.00 e. The van der Waals surface area contributed by atoms with Gasteiger partial charge in [-0.2, -0.15) is 36.4 Å². The molecule has 0 aliphatic heterocycles. The van der Waals surface area contributed by atoms with E-state index in [-0.39, 0.29) is 116 Å². The Morgan fingerprint density at radius 2 is 0.571 bits per heavy atom. The molecule has 0 atom stereocenters. The second-order valence-electron chi connectivity index (χ2n) is 10.4. The van der Waals surface area contributed by atoms with Crippen molar-refractivity contribution in [2.75, 3.05) is 0 Å². The molecule has 0 unspecified atom stereocenters. The number of halogens is 3. The molecule has 0 fully saturated rings. The van der Waals surface area contributed by atoms with Crippen LogP contribution in [0.15, 0.2) is 72.8 Å². The molecule has 0 amide bonds. The minimum atomic E-state index is 0. The second kappa shape index (κ2) is 20.2. The van der Waals surface area contributed by atoms with Crippen molar-refractivity contribution in [3.63, 3.8) is 0 Å². The summed E-state index contributed by atoms with van der Waals surface area (Å²) in [5.74, 6) is 0. The topological polar surface area (TPSA) is 0 Å². The van der Waals surface area contributed by atoms with Gasteiger partial charge in [-0.15, -0.1) is 68.7 Å². The molecule has 6 heteroatoms. The van der Waals surface area contributed by atoms with E-state index in [2.05, 4.69) is 135 Å². The third kappa shape index (κ3) is 10.0. The van der Waals surface area contributed by atoms with Crippen LogP contribution in [0.3, 0.4) is 0 Å². The van der Waals surface area contributed by atoms with Crippen LogP contribution in [-0.2, 0) is 65.2 Å². The van der Waals surface area contributed by atoms with Crippen LogP contribution in [0.1, 0.15) is 50.1 Å². The normalized spacial score (nSPS) is 9.36. The number of fused-ring (bicyclic) bond motifs is 3. The SMILES string of the molecule is Cc1cc2[cH-]ccc2c(C)c1C.Cc1cc2[cH-]ccc2c(C)c1C.Cc1cc2[cH-]ccc2c(C)c1C.[Br-].[Br-].[Br-].[Ti+2].[Ti+2].[Ti+2]. The predicted octanol–water partition coefficient (Wildman–Crippen LogP) is 1.46. The molecule has 42 heavy (non-hydrogen) atoms. The Labute approximate surface area is 329 Å². The summed E-state index contributed by atoms with van der Waals surface area (Å²) < 4.78 is 0. The number of aryl methyl sites for hydroxylation is 6. The molecule has 6 aromatic rings. The first-order chi connectivity index (χ1) is 17.1. The molecule has 6 aromatic carbocycles. The zero-order valence-corrected chi connectivity index (χ0v) is 35.5. The minimum Gasteiger partial charge on any atom is -1.00 e. The Balaban J connectivity index is -0.000000507. The van der Waals surface area contributed by atoms with E-state index in [1.54, 1.807) is 0 Å². The molecular weight excluding hydrogens is 816 g/mol. The number of hydrogen-bond donors (Lipinski definition) is 0. The first kappa shape index (κ1) is 46.5. The van der Waals surface area contributed by atoms with Gasteiger partial charge >= 0.3 is 65.2 Å². The summed E-state index contributed by atoms with van der Waals surface area (Å²) in [6.45, 7) is 19.7. The zero-order valence-electron chi connectivity index (χ0n) is 26.1. The van der Waals surface area contributed by atoms with Crippen molar-refractivity contribution in [3.8, 4) is 0 Å². The molecule has 0 aromatic heterocycles. The molecule has 0 nitrogen and oxygen atoms in total. The first-order valence-electron chi connectivity index (χ1n) is 13.0. The molecule has 0 saturated heterocycles. The molecule has 0 N–H and O–H groups in total. The third-order valence-electron chi connectivity index (χ3n) is 8.34. The summed E-state index contributed by atoms with van der Waals surface area (Å²) in [4.78, 5) is 0. The van der Waals surface area contributed by atoms with Gasteiger partial charge in [0.1, 0.15) is 0 Å². The van der Waals surface area contributed by atoms with Crippen molar-refractivity contribution in [1.29, 1.82) is 0 Å². The van der Waals surface area contributed by atoms with Gasteiger partial charge in [0.25, 0.3) is 0 Å². The monoisotopic (exact) mass is 852 g/mol. The number of hydrogen-bond acceptors (Lipinski definition) is 0. The molecule has 0 saturated carbocycles. The molecule has 0 bridgehead atoms. The summed E-state index contributed by atoms with van der Waals surface area (Å²) in [6, 6.07) is 26.3. The van der Waals surface area contributed by atoms with Crippen molar-refractivity contribution in [3.05, 3.63) is 123 Å². The van der Waals surface area contributed by atoms with Crippen LogP contribution in [0.5, 0.6) is 0 Å². The van der Waals surface area contributed by atoms with E-state index < -0.39 is 0 Å². The van der Waals surface area contributed by atoms with Crippen LogP contribution in [0.25, 0.3) is 32.3 Å². The molecule has 0 heterocycles. The maximum absolute atomic E-state index is 2.26. The Hall–Kier alpha value is 0.0729. The van der Waals surface area contributed by atoms with Crippen molar-refractivity contribution in [2.24, 2.45) is 0 Å². The van der Waals surface area contributed by atoms with Gasteiger partial charge < -0.3 is 50.9 Å². The quantitative estimate of drug-likeness (QED) is 0.161. The Kier molecular flexibility index (Phi) is 22.4. The summed E-state index contributed by atoms with van der Waals surface area (Å²) in [6.07, 6.45) is 0. The molecule has 0 aliphatic carbocycles. The Bertz CT molecular complexity index is 1490. The van der Waals surface area contributed by atoms with E-state index in [4.69, 9.17) is 0 Å². The van der Waals surface area contributed by atoms with Gasteiger partial charge in [0.2, 0.25) is 0 Å². The van der Waals surface area contributed by atoms with E-state index in [0.29, 0.717) is 0 Å². The van der Waals surface area contributed by atoms with Gasteiger partial charge in [0.15, 0.2) is 0 Å². The van der Waals surface area contributed by atoms with E-state index in [9.17, 15) is 0 Å². The smallest absolute Gasteiger partial charge is 1.00 e. The maximum Gasteiger partial charge on any atom is 2.00 e. The fraction of sp³-hybridized carbons (Fsp3) is 0.250. The fourth-order valence-electron chi connectivity index (χ4n) is 5.22. The Morgan fingerprint density at radius 1 is 0.357 bits per heavy atom. The van der Waals surface area contributed by atoms with Gasteiger partial charge in [-0.1, -0.05) is 50.1 Å². The number of benzene rings is 3. The van der Waals surface area contributed by atoms with Crippen molar-refractivity contribution < 1.29 is 116 Å². The van der Waals surface area contributed by atoms with Crippen molar-refractivity contribution in [1.82, 2.24) is 0 Å².